The number of amides is 1. The largest absolute Gasteiger partial charge is 0.488 e. The Bertz CT molecular complexity index is 1010. The van der Waals surface area contributed by atoms with Gasteiger partial charge < -0.3 is 4.74 Å². The van der Waals surface area contributed by atoms with Gasteiger partial charge >= 0.3 is 0 Å². The molecule has 1 aliphatic heterocycles. The second-order valence-electron chi connectivity index (χ2n) is 5.98. The third-order valence-electron chi connectivity index (χ3n) is 4.27. The van der Waals surface area contributed by atoms with Crippen LogP contribution < -0.4 is 10.1 Å². The summed E-state index contributed by atoms with van der Waals surface area (Å²) in [7, 11) is 0. The van der Waals surface area contributed by atoms with E-state index in [0.717, 1.165) is 5.56 Å². The van der Waals surface area contributed by atoms with Crippen LogP contribution in [0.1, 0.15) is 23.6 Å². The Hall–Kier alpha value is -2.45. The predicted octanol–water partition coefficient (Wildman–Crippen LogP) is 4.34. The van der Waals surface area contributed by atoms with Gasteiger partial charge in [-0.3, -0.25) is 10.1 Å². The Balaban J connectivity index is 1.56. The van der Waals surface area contributed by atoms with Gasteiger partial charge in [-0.1, -0.05) is 23.7 Å². The minimum absolute atomic E-state index is 0.00249. The lowest BCUT2D eigenvalue weighted by Crippen LogP contribution is -2.29. The Labute approximate surface area is 167 Å². The van der Waals surface area contributed by atoms with Gasteiger partial charge in [0, 0.05) is 5.56 Å². The van der Waals surface area contributed by atoms with Crippen LogP contribution in [0.15, 0.2) is 47.2 Å². The number of carbonyl (C=O) groups is 1. The summed E-state index contributed by atoms with van der Waals surface area (Å²) in [6.07, 6.45) is 1.66. The molecule has 2 aromatic carbocycles. The van der Waals surface area contributed by atoms with E-state index in [4.69, 9.17) is 16.3 Å². The molecule has 0 unspecified atom stereocenters. The van der Waals surface area contributed by atoms with E-state index in [2.05, 4.69) is 31.3 Å². The molecule has 0 saturated carbocycles. The highest BCUT2D eigenvalue weighted by molar-refractivity contribution is 9.10. The van der Waals surface area contributed by atoms with E-state index in [1.54, 1.807) is 22.9 Å². The molecule has 0 spiro atoms. The fraction of sp³-hybridized carbons (Fsp3) is 0.167. The third-order valence-corrected chi connectivity index (χ3v) is 5.25. The van der Waals surface area contributed by atoms with Crippen molar-refractivity contribution in [2.75, 3.05) is 5.32 Å². The molecule has 6 nitrogen and oxygen atoms in total. The van der Waals surface area contributed by atoms with Gasteiger partial charge in [-0.25, -0.2) is 9.07 Å². The van der Waals surface area contributed by atoms with Gasteiger partial charge in [-0.05, 0) is 45.8 Å². The van der Waals surface area contributed by atoms with E-state index in [0.29, 0.717) is 26.8 Å². The number of aromatic nitrogens is 3. The molecule has 138 valence electrons. The molecule has 0 bridgehead atoms. The lowest BCUT2D eigenvalue weighted by Gasteiger charge is -2.24. The Morgan fingerprint density at radius 3 is 3.00 bits per heavy atom. The van der Waals surface area contributed by atoms with Crippen LogP contribution in [0.3, 0.4) is 0 Å². The average Bonchev–Trinajstić information content (AvgIpc) is 3.10. The summed E-state index contributed by atoms with van der Waals surface area (Å²) in [5.41, 5.74) is 1.17. The second kappa shape index (κ2) is 7.28. The Morgan fingerprint density at radius 1 is 1.37 bits per heavy atom. The second-order valence-corrected chi connectivity index (χ2v) is 7.24. The summed E-state index contributed by atoms with van der Waals surface area (Å²) in [4.78, 5) is 15.9. The zero-order valence-electron chi connectivity index (χ0n) is 13.8. The van der Waals surface area contributed by atoms with Crippen molar-refractivity contribution in [3.8, 4) is 5.75 Å². The number of hydrogen-bond acceptors (Lipinski definition) is 4. The van der Waals surface area contributed by atoms with Crippen LogP contribution in [0.25, 0.3) is 0 Å². The molecular formula is C18H13BrClFN4O2. The lowest BCUT2D eigenvalue weighted by molar-refractivity contribution is -0.117. The van der Waals surface area contributed by atoms with E-state index < -0.39 is 5.82 Å². The highest BCUT2D eigenvalue weighted by atomic mass is 79.9. The minimum atomic E-state index is -0.415. The first-order valence-corrected chi connectivity index (χ1v) is 9.24. The number of carbonyl (C=O) groups excluding carboxylic acids is 1. The molecule has 27 heavy (non-hydrogen) atoms. The number of fused-ring (bicyclic) bond motifs is 1. The molecule has 1 N–H and O–H groups in total. The number of rotatable bonds is 4. The quantitative estimate of drug-likeness (QED) is 0.640. The maximum absolute atomic E-state index is 13.9. The van der Waals surface area contributed by atoms with Crippen molar-refractivity contribution < 1.29 is 13.9 Å². The van der Waals surface area contributed by atoms with Crippen LogP contribution in [0, 0.1) is 5.82 Å². The Morgan fingerprint density at radius 2 is 2.22 bits per heavy atom. The van der Waals surface area contributed by atoms with Gasteiger partial charge in [0.2, 0.25) is 11.9 Å². The molecule has 0 aliphatic carbocycles. The van der Waals surface area contributed by atoms with Crippen molar-refractivity contribution in [1.82, 2.24) is 14.8 Å². The zero-order valence-corrected chi connectivity index (χ0v) is 16.2. The van der Waals surface area contributed by atoms with Gasteiger partial charge in [0.25, 0.3) is 0 Å². The first-order valence-electron chi connectivity index (χ1n) is 8.07. The number of ether oxygens (including phenoxy) is 1. The fourth-order valence-corrected chi connectivity index (χ4v) is 3.65. The number of hydrogen-bond donors (Lipinski definition) is 1. The van der Waals surface area contributed by atoms with E-state index >= 15 is 0 Å². The van der Waals surface area contributed by atoms with Gasteiger partial charge in [0.1, 0.15) is 24.5 Å². The van der Waals surface area contributed by atoms with E-state index in [9.17, 15) is 9.18 Å². The maximum Gasteiger partial charge on any atom is 0.229 e. The predicted molar refractivity (Wildman–Crippen MR) is 101 cm³/mol. The normalized spacial score (nSPS) is 16.0. The molecule has 9 heteroatoms. The molecule has 0 radical (unpaired) electrons. The van der Waals surface area contributed by atoms with Crippen LogP contribution in [-0.4, -0.2) is 20.7 Å². The molecule has 4 rings (SSSR count). The van der Waals surface area contributed by atoms with Gasteiger partial charge in [-0.2, -0.15) is 10.1 Å². The number of nitrogens with one attached hydrogen (secondary N) is 1. The maximum atomic E-state index is 13.9. The van der Waals surface area contributed by atoms with Gasteiger partial charge in [0.05, 0.1) is 22.0 Å². The number of nitrogens with zero attached hydrogens (tertiary/aromatic N) is 3. The van der Waals surface area contributed by atoms with Crippen molar-refractivity contribution in [2.24, 2.45) is 0 Å². The summed E-state index contributed by atoms with van der Waals surface area (Å²) in [6.45, 7) is 0.00249. The molecule has 0 saturated heterocycles. The van der Waals surface area contributed by atoms with E-state index in [1.807, 2.05) is 12.1 Å². The summed E-state index contributed by atoms with van der Waals surface area (Å²) in [5.74, 6) is 0.423. The van der Waals surface area contributed by atoms with Crippen molar-refractivity contribution in [3.63, 3.8) is 0 Å². The molecule has 1 amide bonds. The summed E-state index contributed by atoms with van der Waals surface area (Å²) >= 11 is 9.50. The molecule has 1 atom stereocenters. The first-order chi connectivity index (χ1) is 13.0. The van der Waals surface area contributed by atoms with Crippen LogP contribution in [0.4, 0.5) is 10.3 Å². The first kappa shape index (κ1) is 17.9. The Kier molecular flexibility index (Phi) is 4.84. The highest BCUT2D eigenvalue weighted by Gasteiger charge is 2.28. The summed E-state index contributed by atoms with van der Waals surface area (Å²) in [6, 6.07) is 9.70. The van der Waals surface area contributed by atoms with Crippen LogP contribution >= 0.6 is 27.5 Å². The molecule has 1 aromatic heterocycles. The topological polar surface area (TPSA) is 69.0 Å². The van der Waals surface area contributed by atoms with Crippen molar-refractivity contribution >= 4 is 39.4 Å². The van der Waals surface area contributed by atoms with Crippen LogP contribution in [-0.2, 0) is 11.4 Å². The molecule has 1 aliphatic rings. The number of benzene rings is 2. The van der Waals surface area contributed by atoms with Crippen LogP contribution in [0.2, 0.25) is 5.02 Å². The van der Waals surface area contributed by atoms with Gasteiger partial charge in [-0.15, -0.1) is 0 Å². The summed E-state index contributed by atoms with van der Waals surface area (Å²) < 4.78 is 21.9. The molecule has 2 heterocycles. The standard InChI is InChI=1S/C18H13BrClFN4O2/c19-12-6-10(15-7-17(26)24-18-22-9-23-25(15)18)4-5-16(12)27-8-11-13(20)2-1-3-14(11)21/h1-6,9,15H,7-8H2,(H,22,23,24,26)/t15-/m1/s1. The van der Waals surface area contributed by atoms with Crippen LogP contribution in [0.5, 0.6) is 5.75 Å². The van der Waals surface area contributed by atoms with E-state index in [-0.39, 0.29) is 25.0 Å². The molecule has 0 fully saturated rings. The average molecular weight is 452 g/mol. The number of halogens is 3. The highest BCUT2D eigenvalue weighted by Crippen LogP contribution is 2.34. The van der Waals surface area contributed by atoms with Gasteiger partial charge in [0.15, 0.2) is 0 Å². The van der Waals surface area contributed by atoms with E-state index in [1.165, 1.54) is 12.4 Å². The molecular weight excluding hydrogens is 439 g/mol. The molecule has 3 aromatic rings. The van der Waals surface area contributed by atoms with Crippen molar-refractivity contribution in [3.05, 3.63) is 69.2 Å². The SMILES string of the molecule is O=C1C[C@H](c2ccc(OCc3c(F)cccc3Cl)c(Br)c2)n2ncnc2N1. The number of anilines is 1. The fourth-order valence-electron chi connectivity index (χ4n) is 2.93. The van der Waals surface area contributed by atoms with Crippen molar-refractivity contribution in [2.45, 2.75) is 19.1 Å². The van der Waals surface area contributed by atoms with Crippen molar-refractivity contribution in [1.29, 1.82) is 0 Å². The third kappa shape index (κ3) is 3.54. The zero-order chi connectivity index (χ0) is 19.0. The smallest absolute Gasteiger partial charge is 0.229 e. The summed E-state index contributed by atoms with van der Waals surface area (Å²) in [5, 5.41) is 7.18. The lowest BCUT2D eigenvalue weighted by atomic mass is 10.0. The monoisotopic (exact) mass is 450 g/mol. The minimum Gasteiger partial charge on any atom is -0.488 e.